The summed E-state index contributed by atoms with van der Waals surface area (Å²) >= 11 is 0. The highest BCUT2D eigenvalue weighted by atomic mass is 16.5. The molecule has 0 bridgehead atoms. The number of carbonyl (C=O) groups is 2. The Morgan fingerprint density at radius 2 is 1.70 bits per heavy atom. The maximum atomic E-state index is 14.4. The lowest BCUT2D eigenvalue weighted by atomic mass is 9.99. The van der Waals surface area contributed by atoms with Gasteiger partial charge in [-0.2, -0.15) is 0 Å². The molecule has 1 fully saturated rings. The zero-order valence-electron chi connectivity index (χ0n) is 23.4. The molecule has 1 N–H and O–H groups in total. The summed E-state index contributed by atoms with van der Waals surface area (Å²) in [5.74, 6) is 0.515. The Balaban J connectivity index is 1.64. The molecule has 1 unspecified atom stereocenters. The van der Waals surface area contributed by atoms with Crippen molar-refractivity contribution in [1.82, 2.24) is 20.3 Å². The Bertz CT molecular complexity index is 1500. The van der Waals surface area contributed by atoms with Gasteiger partial charge in [0.2, 0.25) is 11.8 Å². The minimum atomic E-state index is -0.978. The Kier molecular flexibility index (Phi) is 8.00. The van der Waals surface area contributed by atoms with E-state index in [0.29, 0.717) is 28.3 Å². The SMILES string of the molecule is COc1cc(OC)cc(C(C(=O)NC2CCCC2)N(C(=O)Cn2nnc3ccccc32)c2ccc(C)cc2C)c1. The lowest BCUT2D eigenvalue weighted by molar-refractivity contribution is -0.127. The second-order valence-corrected chi connectivity index (χ2v) is 10.3. The van der Waals surface area contributed by atoms with E-state index in [-0.39, 0.29) is 24.4 Å². The van der Waals surface area contributed by atoms with Crippen molar-refractivity contribution in [3.05, 3.63) is 77.4 Å². The highest BCUT2D eigenvalue weighted by Crippen LogP contribution is 2.35. The molecule has 3 aromatic carbocycles. The van der Waals surface area contributed by atoms with E-state index in [4.69, 9.17) is 9.47 Å². The number of benzene rings is 3. The number of hydrogen-bond donors (Lipinski definition) is 1. The van der Waals surface area contributed by atoms with Gasteiger partial charge in [0, 0.05) is 17.8 Å². The number of ether oxygens (including phenoxy) is 2. The number of nitrogens with one attached hydrogen (secondary N) is 1. The monoisotopic (exact) mass is 541 g/mol. The van der Waals surface area contributed by atoms with Crippen LogP contribution < -0.4 is 19.7 Å². The van der Waals surface area contributed by atoms with Gasteiger partial charge in [-0.1, -0.05) is 47.9 Å². The van der Waals surface area contributed by atoms with Gasteiger partial charge >= 0.3 is 0 Å². The maximum Gasteiger partial charge on any atom is 0.249 e. The van der Waals surface area contributed by atoms with Crippen LogP contribution in [-0.2, 0) is 16.1 Å². The average molecular weight is 542 g/mol. The van der Waals surface area contributed by atoms with Crippen LogP contribution in [0.2, 0.25) is 0 Å². The molecule has 5 rings (SSSR count). The largest absolute Gasteiger partial charge is 0.497 e. The number of hydrogen-bond acceptors (Lipinski definition) is 6. The molecule has 0 aliphatic heterocycles. The van der Waals surface area contributed by atoms with Crippen LogP contribution in [0.15, 0.2) is 60.7 Å². The van der Waals surface area contributed by atoms with Gasteiger partial charge in [-0.15, -0.1) is 5.10 Å². The average Bonchev–Trinajstić information content (AvgIpc) is 3.62. The molecule has 40 heavy (non-hydrogen) atoms. The Labute approximate surface area is 234 Å². The van der Waals surface area contributed by atoms with Gasteiger partial charge < -0.3 is 14.8 Å². The van der Waals surface area contributed by atoms with E-state index in [1.807, 2.05) is 56.3 Å². The summed E-state index contributed by atoms with van der Waals surface area (Å²) in [4.78, 5) is 30.1. The lowest BCUT2D eigenvalue weighted by Crippen LogP contribution is -2.47. The Hall–Kier alpha value is -4.40. The third-order valence-electron chi connectivity index (χ3n) is 7.48. The van der Waals surface area contributed by atoms with Gasteiger partial charge in [-0.3, -0.25) is 14.5 Å². The molecule has 1 heterocycles. The van der Waals surface area contributed by atoms with Gasteiger partial charge in [-0.05, 0) is 68.1 Å². The molecule has 1 aromatic heterocycles. The number of fused-ring (bicyclic) bond motifs is 1. The van der Waals surface area contributed by atoms with Crippen LogP contribution in [0, 0.1) is 13.8 Å². The number of rotatable bonds is 9. The number of anilines is 1. The molecule has 1 atom stereocenters. The topological polar surface area (TPSA) is 98.6 Å². The Morgan fingerprint density at radius 1 is 1.00 bits per heavy atom. The first kappa shape index (κ1) is 27.2. The third kappa shape index (κ3) is 5.64. The van der Waals surface area contributed by atoms with E-state index >= 15 is 0 Å². The van der Waals surface area contributed by atoms with Gasteiger partial charge in [0.15, 0.2) is 0 Å². The first-order valence-corrected chi connectivity index (χ1v) is 13.6. The predicted molar refractivity (Wildman–Crippen MR) is 154 cm³/mol. The minimum Gasteiger partial charge on any atom is -0.497 e. The molecular weight excluding hydrogens is 506 g/mol. The summed E-state index contributed by atoms with van der Waals surface area (Å²) in [6, 6.07) is 17.8. The second kappa shape index (κ2) is 11.8. The molecule has 1 aliphatic carbocycles. The van der Waals surface area contributed by atoms with Crippen LogP contribution in [0.3, 0.4) is 0 Å². The van der Waals surface area contributed by atoms with Crippen molar-refractivity contribution in [2.75, 3.05) is 19.1 Å². The van der Waals surface area contributed by atoms with E-state index in [1.54, 1.807) is 42.0 Å². The quantitative estimate of drug-likeness (QED) is 0.324. The van der Waals surface area contributed by atoms with Crippen LogP contribution in [0.25, 0.3) is 11.0 Å². The van der Waals surface area contributed by atoms with Crippen LogP contribution in [0.5, 0.6) is 11.5 Å². The van der Waals surface area contributed by atoms with Crippen LogP contribution in [-0.4, -0.2) is 47.1 Å². The number of aryl methyl sites for hydroxylation is 2. The predicted octanol–water partition coefficient (Wildman–Crippen LogP) is 4.90. The van der Waals surface area contributed by atoms with Gasteiger partial charge in [-0.25, -0.2) is 4.68 Å². The summed E-state index contributed by atoms with van der Waals surface area (Å²) in [6.07, 6.45) is 3.98. The number of para-hydroxylation sites is 1. The van der Waals surface area contributed by atoms with Crippen molar-refractivity contribution in [3.8, 4) is 11.5 Å². The van der Waals surface area contributed by atoms with Gasteiger partial charge in [0.25, 0.3) is 0 Å². The highest BCUT2D eigenvalue weighted by molar-refractivity contribution is 6.02. The van der Waals surface area contributed by atoms with E-state index in [0.717, 1.165) is 42.3 Å². The van der Waals surface area contributed by atoms with Crippen molar-refractivity contribution < 1.29 is 19.1 Å². The molecule has 4 aromatic rings. The lowest BCUT2D eigenvalue weighted by Gasteiger charge is -2.33. The maximum absolute atomic E-state index is 14.4. The summed E-state index contributed by atoms with van der Waals surface area (Å²) in [5.41, 5.74) is 4.61. The summed E-state index contributed by atoms with van der Waals surface area (Å²) in [5, 5.41) is 11.7. The van der Waals surface area contributed by atoms with Gasteiger partial charge in [0.05, 0.1) is 19.7 Å². The standard InChI is InChI=1S/C31H35N5O4/c1-20-13-14-27(21(2)15-20)36(29(37)19-35-28-12-8-7-11-26(28)33-34-35)30(31(38)32-23-9-5-6-10-23)22-16-24(39-3)18-25(17-22)40-4/h7-8,11-18,23,30H,5-6,9-10,19H2,1-4H3,(H,32,38). The number of aromatic nitrogens is 3. The summed E-state index contributed by atoms with van der Waals surface area (Å²) in [6.45, 7) is 3.86. The Morgan fingerprint density at radius 3 is 2.38 bits per heavy atom. The van der Waals surface area contributed by atoms with E-state index in [1.165, 1.54) is 0 Å². The van der Waals surface area contributed by atoms with E-state index in [2.05, 4.69) is 15.6 Å². The highest BCUT2D eigenvalue weighted by Gasteiger charge is 2.36. The fraction of sp³-hybridized carbons (Fsp3) is 0.355. The first-order chi connectivity index (χ1) is 19.4. The molecule has 1 saturated carbocycles. The van der Waals surface area contributed by atoms with Crippen molar-refractivity contribution in [2.24, 2.45) is 0 Å². The smallest absolute Gasteiger partial charge is 0.249 e. The molecule has 0 spiro atoms. The number of carbonyl (C=O) groups excluding carboxylic acids is 2. The van der Waals surface area contributed by atoms with Crippen molar-refractivity contribution in [3.63, 3.8) is 0 Å². The normalized spacial score (nSPS) is 14.2. The fourth-order valence-corrected chi connectivity index (χ4v) is 5.49. The van der Waals surface area contributed by atoms with Gasteiger partial charge in [0.1, 0.15) is 29.6 Å². The zero-order chi connectivity index (χ0) is 28.2. The van der Waals surface area contributed by atoms with Crippen LogP contribution >= 0.6 is 0 Å². The number of amides is 2. The number of nitrogens with zero attached hydrogens (tertiary/aromatic N) is 4. The first-order valence-electron chi connectivity index (χ1n) is 13.6. The van der Waals surface area contributed by atoms with Crippen molar-refractivity contribution in [1.29, 1.82) is 0 Å². The molecule has 208 valence electrons. The van der Waals surface area contributed by atoms with Crippen LogP contribution in [0.4, 0.5) is 5.69 Å². The second-order valence-electron chi connectivity index (χ2n) is 10.3. The fourth-order valence-electron chi connectivity index (χ4n) is 5.49. The van der Waals surface area contributed by atoms with E-state index < -0.39 is 6.04 Å². The minimum absolute atomic E-state index is 0.0674. The van der Waals surface area contributed by atoms with Crippen molar-refractivity contribution >= 4 is 28.5 Å². The summed E-state index contributed by atoms with van der Waals surface area (Å²) < 4.78 is 12.7. The molecule has 1 aliphatic rings. The molecule has 0 saturated heterocycles. The molecule has 9 heteroatoms. The summed E-state index contributed by atoms with van der Waals surface area (Å²) in [7, 11) is 3.13. The molecular formula is C31H35N5O4. The molecule has 9 nitrogen and oxygen atoms in total. The molecule has 2 amide bonds. The van der Waals surface area contributed by atoms with E-state index in [9.17, 15) is 9.59 Å². The number of methoxy groups -OCH3 is 2. The third-order valence-corrected chi connectivity index (χ3v) is 7.48. The zero-order valence-corrected chi connectivity index (χ0v) is 23.4. The molecule has 0 radical (unpaired) electrons. The van der Waals surface area contributed by atoms with Crippen molar-refractivity contribution in [2.45, 2.75) is 58.2 Å². The van der Waals surface area contributed by atoms with Crippen LogP contribution in [0.1, 0.15) is 48.4 Å².